The lowest BCUT2D eigenvalue weighted by molar-refractivity contribution is -0.122. The molecule has 3 amide bonds. The number of aromatic hydroxyl groups is 1. The first-order chi connectivity index (χ1) is 13.8. The number of amides is 3. The molecule has 0 fully saturated rings. The van der Waals surface area contributed by atoms with Gasteiger partial charge in [0.05, 0.1) is 17.6 Å². The molecule has 3 rings (SSSR count). The summed E-state index contributed by atoms with van der Waals surface area (Å²) in [7, 11) is 0. The molecule has 0 saturated heterocycles. The molecule has 1 aromatic heterocycles. The summed E-state index contributed by atoms with van der Waals surface area (Å²) in [5.41, 5.74) is 3.83. The molecule has 29 heavy (non-hydrogen) atoms. The van der Waals surface area contributed by atoms with E-state index in [4.69, 9.17) is 4.74 Å². The van der Waals surface area contributed by atoms with E-state index >= 15 is 0 Å². The number of carbonyl (C=O) groups is 3. The number of hydrazone groups is 1. The lowest BCUT2D eigenvalue weighted by Crippen LogP contribution is -2.31. The second kappa shape index (κ2) is 8.38. The summed E-state index contributed by atoms with van der Waals surface area (Å²) >= 11 is 0. The number of anilines is 2. The van der Waals surface area contributed by atoms with Crippen molar-refractivity contribution in [3.63, 3.8) is 0 Å². The number of carbonyl (C=O) groups excluding carboxylic acids is 3. The van der Waals surface area contributed by atoms with Crippen LogP contribution in [0.4, 0.5) is 16.3 Å². The molecule has 10 heteroatoms. The maximum Gasteiger partial charge on any atom is 0.417 e. The van der Waals surface area contributed by atoms with Crippen molar-refractivity contribution in [1.29, 1.82) is 0 Å². The number of nitrogens with zero attached hydrogens (tertiary/aromatic N) is 2. The fourth-order valence-corrected chi connectivity index (χ4v) is 2.74. The van der Waals surface area contributed by atoms with Crippen molar-refractivity contribution in [2.45, 2.75) is 20.3 Å². The van der Waals surface area contributed by atoms with Gasteiger partial charge < -0.3 is 15.2 Å². The Kier molecular flexibility index (Phi) is 5.72. The Balaban J connectivity index is 1.65. The van der Waals surface area contributed by atoms with E-state index in [1.54, 1.807) is 6.07 Å². The summed E-state index contributed by atoms with van der Waals surface area (Å²) < 4.78 is 5.10. The minimum Gasteiger partial charge on any atom is -0.506 e. The molecule has 150 valence electrons. The fourth-order valence-electron chi connectivity index (χ4n) is 2.74. The molecular weight excluding hydrogens is 378 g/mol. The van der Waals surface area contributed by atoms with E-state index in [-0.39, 0.29) is 34.9 Å². The Bertz CT molecular complexity index is 987. The molecule has 10 nitrogen and oxygen atoms in total. The monoisotopic (exact) mass is 397 g/mol. The first-order valence-corrected chi connectivity index (χ1v) is 8.74. The van der Waals surface area contributed by atoms with Crippen molar-refractivity contribution in [1.82, 2.24) is 10.4 Å². The van der Waals surface area contributed by atoms with E-state index in [1.807, 2.05) is 6.92 Å². The minimum atomic E-state index is -0.822. The highest BCUT2D eigenvalue weighted by molar-refractivity contribution is 6.06. The standard InChI is InChI=1S/C19H19N5O5/c1-10-7-17(27)23-24-18(10)12-3-5-14(15(26)8-12)22-19(28)29-13-4-6-16(20-9-13)21-11(2)25/h3-6,8-10,26H,7H2,1-2H3,(H,22,28)(H,23,27)(H,20,21,25). The molecule has 2 aromatic rings. The number of hydrogen-bond donors (Lipinski definition) is 4. The van der Waals surface area contributed by atoms with Crippen molar-refractivity contribution >= 4 is 35.1 Å². The van der Waals surface area contributed by atoms with Crippen LogP contribution >= 0.6 is 0 Å². The molecule has 1 atom stereocenters. The van der Waals surface area contributed by atoms with Crippen LogP contribution in [0.1, 0.15) is 25.8 Å². The predicted octanol–water partition coefficient (Wildman–Crippen LogP) is 2.22. The number of phenolic OH excluding ortho intramolecular Hbond substituents is 1. The quantitative estimate of drug-likeness (QED) is 0.583. The third-order valence-corrected chi connectivity index (χ3v) is 4.04. The van der Waals surface area contributed by atoms with E-state index < -0.39 is 6.09 Å². The predicted molar refractivity (Wildman–Crippen MR) is 105 cm³/mol. The van der Waals surface area contributed by atoms with Gasteiger partial charge in [0.25, 0.3) is 0 Å². The average Bonchev–Trinajstić information content (AvgIpc) is 2.65. The Hall–Kier alpha value is -3.95. The first kappa shape index (κ1) is 19.8. The molecule has 0 radical (unpaired) electrons. The number of benzene rings is 1. The zero-order chi connectivity index (χ0) is 21.0. The van der Waals surface area contributed by atoms with Crippen LogP contribution in [-0.4, -0.2) is 33.7 Å². The Morgan fingerprint density at radius 1 is 1.24 bits per heavy atom. The first-order valence-electron chi connectivity index (χ1n) is 8.74. The highest BCUT2D eigenvalue weighted by Crippen LogP contribution is 2.27. The molecule has 1 aliphatic rings. The van der Waals surface area contributed by atoms with Crippen LogP contribution in [-0.2, 0) is 9.59 Å². The molecule has 2 heterocycles. The average molecular weight is 397 g/mol. The van der Waals surface area contributed by atoms with E-state index in [1.165, 1.54) is 37.4 Å². The van der Waals surface area contributed by atoms with Crippen LogP contribution in [0, 0.1) is 5.92 Å². The van der Waals surface area contributed by atoms with Gasteiger partial charge in [-0.05, 0) is 24.3 Å². The van der Waals surface area contributed by atoms with Gasteiger partial charge in [-0.1, -0.05) is 13.0 Å². The molecule has 1 aliphatic heterocycles. The second-order valence-electron chi connectivity index (χ2n) is 6.44. The highest BCUT2D eigenvalue weighted by Gasteiger charge is 2.22. The van der Waals surface area contributed by atoms with Gasteiger partial charge in [0.15, 0.2) is 5.75 Å². The zero-order valence-corrected chi connectivity index (χ0v) is 15.7. The summed E-state index contributed by atoms with van der Waals surface area (Å²) in [6.07, 6.45) is 0.767. The molecule has 0 saturated carbocycles. The van der Waals surface area contributed by atoms with Crippen LogP contribution in [0.2, 0.25) is 0 Å². The topological polar surface area (TPSA) is 142 Å². The van der Waals surface area contributed by atoms with Gasteiger partial charge in [-0.15, -0.1) is 0 Å². The van der Waals surface area contributed by atoms with Gasteiger partial charge in [0.1, 0.15) is 11.6 Å². The molecule has 4 N–H and O–H groups in total. The smallest absolute Gasteiger partial charge is 0.417 e. The zero-order valence-electron chi connectivity index (χ0n) is 15.7. The van der Waals surface area contributed by atoms with Crippen molar-refractivity contribution in [3.05, 3.63) is 42.1 Å². The van der Waals surface area contributed by atoms with Gasteiger partial charge in [0, 0.05) is 24.8 Å². The summed E-state index contributed by atoms with van der Waals surface area (Å²) in [4.78, 5) is 38.3. The number of aromatic nitrogens is 1. The second-order valence-corrected chi connectivity index (χ2v) is 6.44. The van der Waals surface area contributed by atoms with Gasteiger partial charge in [0.2, 0.25) is 11.8 Å². The lowest BCUT2D eigenvalue weighted by Gasteiger charge is -2.19. The molecule has 0 aliphatic carbocycles. The van der Waals surface area contributed by atoms with Crippen molar-refractivity contribution in [2.75, 3.05) is 10.6 Å². The van der Waals surface area contributed by atoms with E-state index in [2.05, 4.69) is 26.1 Å². The molecule has 1 unspecified atom stereocenters. The fraction of sp³-hybridized carbons (Fsp3) is 0.211. The van der Waals surface area contributed by atoms with Gasteiger partial charge in [-0.2, -0.15) is 5.10 Å². The number of nitrogens with one attached hydrogen (secondary N) is 3. The molecular formula is C19H19N5O5. The third kappa shape index (κ3) is 5.06. The summed E-state index contributed by atoms with van der Waals surface area (Å²) in [5, 5.41) is 19.2. The molecule has 1 aromatic carbocycles. The van der Waals surface area contributed by atoms with Crippen LogP contribution in [0.15, 0.2) is 41.6 Å². The Morgan fingerprint density at radius 2 is 2.03 bits per heavy atom. The van der Waals surface area contributed by atoms with Crippen LogP contribution in [0.3, 0.4) is 0 Å². The Morgan fingerprint density at radius 3 is 2.66 bits per heavy atom. The number of pyridine rings is 1. The van der Waals surface area contributed by atoms with Crippen LogP contribution < -0.4 is 20.8 Å². The van der Waals surface area contributed by atoms with E-state index in [0.29, 0.717) is 23.5 Å². The Labute approximate surface area is 166 Å². The van der Waals surface area contributed by atoms with Gasteiger partial charge in [-0.25, -0.2) is 15.2 Å². The largest absolute Gasteiger partial charge is 0.506 e. The van der Waals surface area contributed by atoms with E-state index in [0.717, 1.165) is 0 Å². The maximum absolute atomic E-state index is 12.1. The number of hydrogen-bond acceptors (Lipinski definition) is 7. The third-order valence-electron chi connectivity index (χ3n) is 4.04. The lowest BCUT2D eigenvalue weighted by atomic mass is 9.94. The summed E-state index contributed by atoms with van der Waals surface area (Å²) in [6, 6.07) is 7.59. The van der Waals surface area contributed by atoms with Crippen molar-refractivity contribution < 1.29 is 24.2 Å². The number of phenols is 1. The SMILES string of the molecule is CC(=O)Nc1ccc(OC(=O)Nc2ccc(C3=NNC(=O)CC3C)cc2O)cn1. The molecule has 0 bridgehead atoms. The van der Waals surface area contributed by atoms with Crippen molar-refractivity contribution in [2.24, 2.45) is 11.0 Å². The number of rotatable bonds is 4. The number of ether oxygens (including phenoxy) is 1. The maximum atomic E-state index is 12.1. The van der Waals surface area contributed by atoms with Crippen molar-refractivity contribution in [3.8, 4) is 11.5 Å². The minimum absolute atomic E-state index is 0.0973. The molecule has 0 spiro atoms. The van der Waals surface area contributed by atoms with Gasteiger partial charge >= 0.3 is 6.09 Å². The van der Waals surface area contributed by atoms with Gasteiger partial charge in [-0.3, -0.25) is 14.9 Å². The normalized spacial score (nSPS) is 15.7. The summed E-state index contributed by atoms with van der Waals surface area (Å²) in [5.74, 6) is -0.210. The van der Waals surface area contributed by atoms with Crippen LogP contribution in [0.5, 0.6) is 11.5 Å². The van der Waals surface area contributed by atoms with Crippen LogP contribution in [0.25, 0.3) is 0 Å². The van der Waals surface area contributed by atoms with E-state index in [9.17, 15) is 19.5 Å². The highest BCUT2D eigenvalue weighted by atomic mass is 16.6. The summed E-state index contributed by atoms with van der Waals surface area (Å²) in [6.45, 7) is 3.22.